The van der Waals surface area contributed by atoms with Gasteiger partial charge in [0.05, 0.1) is 30.1 Å². The third kappa shape index (κ3) is 3.33. The summed E-state index contributed by atoms with van der Waals surface area (Å²) < 4.78 is 5.76. The summed E-state index contributed by atoms with van der Waals surface area (Å²) in [6.07, 6.45) is 5.12. The van der Waals surface area contributed by atoms with Crippen LogP contribution in [0.1, 0.15) is 30.9 Å². The van der Waals surface area contributed by atoms with E-state index in [0.717, 1.165) is 24.9 Å². The first-order chi connectivity index (χ1) is 13.6. The molecule has 9 heteroatoms. The summed E-state index contributed by atoms with van der Waals surface area (Å²) in [6, 6.07) is 3.75. The molecule has 1 N–H and O–H groups in total. The predicted octanol–water partition coefficient (Wildman–Crippen LogP) is 0.529. The van der Waals surface area contributed by atoms with Gasteiger partial charge in [0.25, 0.3) is 0 Å². The van der Waals surface area contributed by atoms with E-state index in [1.807, 2.05) is 17.0 Å². The lowest BCUT2D eigenvalue weighted by Gasteiger charge is -2.36. The Balaban J connectivity index is 0.00000205. The average molecular weight is 421 g/mol. The van der Waals surface area contributed by atoms with E-state index in [1.54, 1.807) is 12.4 Å². The number of hydrogen-bond donors (Lipinski definition) is 1. The van der Waals surface area contributed by atoms with Crippen molar-refractivity contribution < 1.29 is 19.1 Å². The van der Waals surface area contributed by atoms with Gasteiger partial charge >= 0.3 is 0 Å². The highest BCUT2D eigenvalue weighted by Gasteiger charge is 2.62. The Bertz CT molecular complexity index is 779. The molecule has 5 atom stereocenters. The highest BCUT2D eigenvalue weighted by molar-refractivity contribution is 6.06. The molecule has 4 aliphatic heterocycles. The SMILES string of the molecule is Cl.O=C1C2C3CCC(O3)C2C(=O)N1CCC(=O)N1CCNCC1c1cccnc1. The van der Waals surface area contributed by atoms with E-state index in [9.17, 15) is 14.4 Å². The van der Waals surface area contributed by atoms with E-state index in [1.165, 1.54) is 4.90 Å². The zero-order chi connectivity index (χ0) is 19.3. The predicted molar refractivity (Wildman–Crippen MR) is 105 cm³/mol. The summed E-state index contributed by atoms with van der Waals surface area (Å²) >= 11 is 0. The maximum absolute atomic E-state index is 12.9. The van der Waals surface area contributed by atoms with Gasteiger partial charge in [0.2, 0.25) is 17.7 Å². The normalized spacial score (nSPS) is 33.0. The Hall–Kier alpha value is -2.03. The van der Waals surface area contributed by atoms with E-state index < -0.39 is 0 Å². The summed E-state index contributed by atoms with van der Waals surface area (Å²) in [5, 5.41) is 3.32. The Kier molecular flexibility index (Phi) is 5.59. The van der Waals surface area contributed by atoms with Crippen LogP contribution < -0.4 is 5.32 Å². The molecule has 0 spiro atoms. The van der Waals surface area contributed by atoms with Crippen molar-refractivity contribution in [1.29, 1.82) is 0 Å². The van der Waals surface area contributed by atoms with Gasteiger partial charge in [0.1, 0.15) is 0 Å². The van der Waals surface area contributed by atoms with Gasteiger partial charge in [-0.15, -0.1) is 12.4 Å². The van der Waals surface area contributed by atoms with Gasteiger partial charge in [0, 0.05) is 45.0 Å². The van der Waals surface area contributed by atoms with E-state index in [2.05, 4.69) is 10.3 Å². The van der Waals surface area contributed by atoms with Gasteiger partial charge in [-0.3, -0.25) is 24.3 Å². The monoisotopic (exact) mass is 420 g/mol. The molecule has 1 aromatic rings. The van der Waals surface area contributed by atoms with Crippen LogP contribution in [0.3, 0.4) is 0 Å². The van der Waals surface area contributed by atoms with Crippen LogP contribution in [0, 0.1) is 11.8 Å². The first kappa shape index (κ1) is 20.3. The quantitative estimate of drug-likeness (QED) is 0.714. The highest BCUT2D eigenvalue weighted by atomic mass is 35.5. The molecule has 4 saturated heterocycles. The summed E-state index contributed by atoms with van der Waals surface area (Å²) in [7, 11) is 0. The van der Waals surface area contributed by atoms with Gasteiger partial charge in [-0.05, 0) is 24.5 Å². The first-order valence-electron chi connectivity index (χ1n) is 10.1. The van der Waals surface area contributed by atoms with Crippen molar-refractivity contribution >= 4 is 30.1 Å². The van der Waals surface area contributed by atoms with E-state index >= 15 is 0 Å². The number of ether oxygens (including phenoxy) is 1. The third-order valence-corrected chi connectivity index (χ3v) is 6.56. The average Bonchev–Trinajstić information content (AvgIpc) is 3.41. The number of nitrogens with one attached hydrogen (secondary N) is 1. The van der Waals surface area contributed by atoms with Crippen molar-refractivity contribution in [3.8, 4) is 0 Å². The van der Waals surface area contributed by atoms with Crippen LogP contribution in [-0.2, 0) is 19.1 Å². The number of fused-ring (bicyclic) bond motifs is 5. The second-order valence-corrected chi connectivity index (χ2v) is 8.01. The minimum Gasteiger partial charge on any atom is -0.373 e. The van der Waals surface area contributed by atoms with Crippen LogP contribution in [0.25, 0.3) is 0 Å². The number of aromatic nitrogens is 1. The van der Waals surface area contributed by atoms with Crippen molar-refractivity contribution in [2.24, 2.45) is 11.8 Å². The third-order valence-electron chi connectivity index (χ3n) is 6.56. The molecule has 0 aliphatic carbocycles. The standard InChI is InChI=1S/C20H24N4O4.ClH/c25-16(23-9-7-22-11-13(23)12-2-1-6-21-10-12)5-8-24-19(26)17-14-3-4-15(28-14)18(17)20(24)27;/h1-2,6,10,13-15,17-18,22H,3-5,7-9,11H2;1H. The summed E-state index contributed by atoms with van der Waals surface area (Å²) in [6.45, 7) is 2.16. The second kappa shape index (κ2) is 8.01. The number of hydrogen-bond acceptors (Lipinski definition) is 6. The zero-order valence-corrected chi connectivity index (χ0v) is 16.8. The van der Waals surface area contributed by atoms with Crippen molar-refractivity contribution in [2.45, 2.75) is 37.5 Å². The fraction of sp³-hybridized carbons (Fsp3) is 0.600. The van der Waals surface area contributed by atoms with E-state index in [0.29, 0.717) is 13.1 Å². The molecule has 8 nitrogen and oxygen atoms in total. The van der Waals surface area contributed by atoms with E-state index in [-0.39, 0.29) is 73.2 Å². The fourth-order valence-corrected chi connectivity index (χ4v) is 5.22. The molecule has 4 aliphatic rings. The number of halogens is 1. The molecule has 0 radical (unpaired) electrons. The number of rotatable bonds is 4. The van der Waals surface area contributed by atoms with Crippen molar-refractivity contribution in [3.63, 3.8) is 0 Å². The Labute approximate surface area is 175 Å². The Morgan fingerprint density at radius 3 is 2.59 bits per heavy atom. The molecular formula is C20H25ClN4O4. The Morgan fingerprint density at radius 2 is 1.93 bits per heavy atom. The molecule has 5 unspecified atom stereocenters. The fourth-order valence-electron chi connectivity index (χ4n) is 5.22. The molecule has 0 aromatic carbocycles. The van der Waals surface area contributed by atoms with Crippen LogP contribution in [0.4, 0.5) is 0 Å². The molecule has 4 fully saturated rings. The molecule has 29 heavy (non-hydrogen) atoms. The highest BCUT2D eigenvalue weighted by Crippen LogP contribution is 2.48. The lowest BCUT2D eigenvalue weighted by atomic mass is 9.81. The summed E-state index contributed by atoms with van der Waals surface area (Å²) in [4.78, 5) is 45.7. The molecule has 156 valence electrons. The molecule has 1 aromatic heterocycles. The van der Waals surface area contributed by atoms with Gasteiger partial charge in [-0.2, -0.15) is 0 Å². The maximum atomic E-state index is 12.9. The second-order valence-electron chi connectivity index (χ2n) is 8.01. The Morgan fingerprint density at radius 1 is 1.21 bits per heavy atom. The van der Waals surface area contributed by atoms with Crippen molar-refractivity contribution in [3.05, 3.63) is 30.1 Å². The zero-order valence-electron chi connectivity index (χ0n) is 16.0. The van der Waals surface area contributed by atoms with Crippen LogP contribution in [0.2, 0.25) is 0 Å². The van der Waals surface area contributed by atoms with Gasteiger partial charge < -0.3 is 15.0 Å². The topological polar surface area (TPSA) is 91.8 Å². The lowest BCUT2D eigenvalue weighted by Crippen LogP contribution is -2.49. The van der Waals surface area contributed by atoms with Crippen LogP contribution in [0.5, 0.6) is 0 Å². The molecule has 3 amide bonds. The van der Waals surface area contributed by atoms with E-state index in [4.69, 9.17) is 4.74 Å². The lowest BCUT2D eigenvalue weighted by molar-refractivity contribution is -0.143. The number of carbonyl (C=O) groups is 3. The first-order valence-corrected chi connectivity index (χ1v) is 10.1. The minimum absolute atomic E-state index is 0. The number of pyridine rings is 1. The number of nitrogens with zero attached hydrogens (tertiary/aromatic N) is 3. The van der Waals surface area contributed by atoms with Gasteiger partial charge in [-0.1, -0.05) is 6.07 Å². The van der Waals surface area contributed by atoms with Crippen molar-refractivity contribution in [1.82, 2.24) is 20.1 Å². The van der Waals surface area contributed by atoms with Crippen LogP contribution in [-0.4, -0.2) is 70.9 Å². The largest absolute Gasteiger partial charge is 0.373 e. The van der Waals surface area contributed by atoms with Crippen LogP contribution >= 0.6 is 12.4 Å². The van der Waals surface area contributed by atoms with Crippen molar-refractivity contribution in [2.75, 3.05) is 26.2 Å². The number of piperazine rings is 1. The number of imide groups is 1. The number of carbonyl (C=O) groups excluding carboxylic acids is 3. The molecular weight excluding hydrogens is 396 g/mol. The number of amides is 3. The number of likely N-dealkylation sites (tertiary alicyclic amines) is 1. The van der Waals surface area contributed by atoms with Crippen LogP contribution in [0.15, 0.2) is 24.5 Å². The smallest absolute Gasteiger partial charge is 0.235 e. The minimum atomic E-state index is -0.330. The molecule has 5 heterocycles. The maximum Gasteiger partial charge on any atom is 0.235 e. The molecule has 2 bridgehead atoms. The molecule has 5 rings (SSSR count). The summed E-state index contributed by atoms with van der Waals surface area (Å²) in [5.41, 5.74) is 0.986. The molecule has 0 saturated carbocycles. The van der Waals surface area contributed by atoms with Gasteiger partial charge in [-0.25, -0.2) is 0 Å². The summed E-state index contributed by atoms with van der Waals surface area (Å²) in [5.74, 6) is -1.00. The van der Waals surface area contributed by atoms with Gasteiger partial charge in [0.15, 0.2) is 0 Å².